The first-order valence-electron chi connectivity index (χ1n) is 11.1. The Morgan fingerprint density at radius 1 is 1.00 bits per heavy atom. The lowest BCUT2D eigenvalue weighted by Crippen LogP contribution is -2.25. The molecule has 0 atom stereocenters. The van der Waals surface area contributed by atoms with Gasteiger partial charge in [-0.1, -0.05) is 30.3 Å². The van der Waals surface area contributed by atoms with E-state index in [4.69, 9.17) is 4.74 Å². The van der Waals surface area contributed by atoms with E-state index in [-0.39, 0.29) is 17.6 Å². The molecule has 4 aromatic rings. The molecule has 2 aromatic carbocycles. The summed E-state index contributed by atoms with van der Waals surface area (Å²) >= 11 is 1.51. The topological polar surface area (TPSA) is 102 Å². The van der Waals surface area contributed by atoms with Gasteiger partial charge >= 0.3 is 5.97 Å². The smallest absolute Gasteiger partial charge is 0.357 e. The van der Waals surface area contributed by atoms with Gasteiger partial charge in [0.05, 0.1) is 10.6 Å². The first kappa shape index (κ1) is 22.5. The number of benzene rings is 2. The number of carbonyl (C=O) groups excluding carboxylic acids is 3. The van der Waals surface area contributed by atoms with Crippen molar-refractivity contribution in [3.05, 3.63) is 89.4 Å². The van der Waals surface area contributed by atoms with Crippen LogP contribution in [-0.4, -0.2) is 40.2 Å². The number of aromatic nitrogens is 2. The van der Waals surface area contributed by atoms with Crippen LogP contribution in [0.3, 0.4) is 0 Å². The van der Waals surface area contributed by atoms with Crippen LogP contribution in [0.4, 0.5) is 5.69 Å². The number of carbonyl (C=O) groups is 3. The van der Waals surface area contributed by atoms with Crippen LogP contribution in [0, 0.1) is 0 Å². The first-order valence-corrected chi connectivity index (χ1v) is 12.0. The van der Waals surface area contributed by atoms with Crippen molar-refractivity contribution in [1.82, 2.24) is 15.1 Å². The van der Waals surface area contributed by atoms with Crippen molar-refractivity contribution >= 4 is 34.8 Å². The zero-order chi connectivity index (χ0) is 24.2. The van der Waals surface area contributed by atoms with Crippen molar-refractivity contribution in [3.63, 3.8) is 0 Å². The zero-order valence-corrected chi connectivity index (χ0v) is 19.5. The molecule has 1 saturated carbocycles. The number of thiophene rings is 1. The Morgan fingerprint density at radius 3 is 2.57 bits per heavy atom. The second kappa shape index (κ2) is 9.94. The van der Waals surface area contributed by atoms with Gasteiger partial charge in [-0.05, 0) is 54.6 Å². The zero-order valence-electron chi connectivity index (χ0n) is 18.6. The highest BCUT2D eigenvalue weighted by Gasteiger charge is 2.24. The number of para-hydroxylation sites is 1. The molecule has 0 radical (unpaired) electrons. The number of nitrogens with zero attached hydrogens (tertiary/aromatic N) is 2. The normalized spacial score (nSPS) is 12.7. The molecule has 0 unspecified atom stereocenters. The van der Waals surface area contributed by atoms with Crippen LogP contribution in [-0.2, 0) is 9.53 Å². The van der Waals surface area contributed by atoms with E-state index >= 15 is 0 Å². The molecule has 2 amide bonds. The number of amides is 2. The standard InChI is InChI=1S/C26H22N4O4S/c31-24(27-19-7-4-6-17(14-19)25(32)28-18-11-12-18)16-34-26(33)22-15-21(23-10-5-13-35-23)29-30(22)20-8-2-1-3-9-20/h1-10,13-15,18H,11-12,16H2,(H,27,31)(H,28,32). The fourth-order valence-corrected chi connectivity index (χ4v) is 4.16. The quantitative estimate of drug-likeness (QED) is 0.362. The highest BCUT2D eigenvalue weighted by Crippen LogP contribution is 2.26. The maximum Gasteiger partial charge on any atom is 0.357 e. The maximum atomic E-state index is 12.9. The fourth-order valence-electron chi connectivity index (χ4n) is 3.47. The molecule has 2 aromatic heterocycles. The van der Waals surface area contributed by atoms with E-state index in [1.54, 1.807) is 30.3 Å². The van der Waals surface area contributed by atoms with Gasteiger partial charge in [0.25, 0.3) is 11.8 Å². The molecule has 1 fully saturated rings. The van der Waals surface area contributed by atoms with E-state index in [2.05, 4.69) is 15.7 Å². The highest BCUT2D eigenvalue weighted by atomic mass is 32.1. The predicted octanol–water partition coefficient (Wildman–Crippen LogP) is 4.29. The van der Waals surface area contributed by atoms with Crippen LogP contribution >= 0.6 is 11.3 Å². The molecule has 2 N–H and O–H groups in total. The Hall–Kier alpha value is -4.24. The minimum Gasteiger partial charge on any atom is -0.451 e. The third kappa shape index (κ3) is 5.47. The Labute approximate surface area is 205 Å². The summed E-state index contributed by atoms with van der Waals surface area (Å²) in [7, 11) is 0. The molecule has 35 heavy (non-hydrogen) atoms. The molecule has 5 rings (SSSR count). The molecule has 0 bridgehead atoms. The minimum absolute atomic E-state index is 0.175. The number of hydrogen-bond donors (Lipinski definition) is 2. The van der Waals surface area contributed by atoms with Gasteiger partial charge in [-0.15, -0.1) is 11.3 Å². The minimum atomic E-state index is -0.670. The average molecular weight is 487 g/mol. The van der Waals surface area contributed by atoms with E-state index in [0.717, 1.165) is 17.7 Å². The van der Waals surface area contributed by atoms with Crippen molar-refractivity contribution in [2.75, 3.05) is 11.9 Å². The van der Waals surface area contributed by atoms with Gasteiger partial charge in [-0.3, -0.25) is 9.59 Å². The van der Waals surface area contributed by atoms with E-state index < -0.39 is 18.5 Å². The molecule has 0 aliphatic heterocycles. The molecule has 0 spiro atoms. The number of ether oxygens (including phenoxy) is 1. The van der Waals surface area contributed by atoms with Crippen molar-refractivity contribution in [2.45, 2.75) is 18.9 Å². The summed E-state index contributed by atoms with van der Waals surface area (Å²) in [5, 5.41) is 12.1. The Bertz CT molecular complexity index is 1360. The molecule has 9 heteroatoms. The van der Waals surface area contributed by atoms with E-state index in [1.165, 1.54) is 16.0 Å². The fraction of sp³-hybridized carbons (Fsp3) is 0.154. The van der Waals surface area contributed by atoms with Crippen LogP contribution in [0.2, 0.25) is 0 Å². The molecular weight excluding hydrogens is 464 g/mol. The summed E-state index contributed by atoms with van der Waals surface area (Å²) in [5.74, 6) is -1.36. The van der Waals surface area contributed by atoms with E-state index in [0.29, 0.717) is 22.6 Å². The number of rotatable bonds is 8. The maximum absolute atomic E-state index is 12.9. The first-order chi connectivity index (χ1) is 17.1. The predicted molar refractivity (Wildman–Crippen MR) is 133 cm³/mol. The summed E-state index contributed by atoms with van der Waals surface area (Å²) in [6.45, 7) is -0.481. The molecular formula is C26H22N4O4S. The highest BCUT2D eigenvalue weighted by molar-refractivity contribution is 7.13. The summed E-state index contributed by atoms with van der Waals surface area (Å²) < 4.78 is 6.82. The van der Waals surface area contributed by atoms with Gasteiger partial charge in [-0.25, -0.2) is 9.48 Å². The summed E-state index contributed by atoms with van der Waals surface area (Å²) in [4.78, 5) is 38.5. The van der Waals surface area contributed by atoms with Crippen LogP contribution in [0.25, 0.3) is 16.3 Å². The van der Waals surface area contributed by atoms with Gasteiger partial charge in [0, 0.05) is 23.4 Å². The second-order valence-electron chi connectivity index (χ2n) is 8.09. The molecule has 2 heterocycles. The molecule has 8 nitrogen and oxygen atoms in total. The third-order valence-electron chi connectivity index (χ3n) is 5.35. The van der Waals surface area contributed by atoms with E-state index in [9.17, 15) is 14.4 Å². The van der Waals surface area contributed by atoms with Crippen molar-refractivity contribution in [1.29, 1.82) is 0 Å². The van der Waals surface area contributed by atoms with Gasteiger partial charge in [-0.2, -0.15) is 5.10 Å². The van der Waals surface area contributed by atoms with Gasteiger partial charge < -0.3 is 15.4 Å². The SMILES string of the molecule is O=C(COC(=O)c1cc(-c2cccs2)nn1-c1ccccc1)Nc1cccc(C(=O)NC2CC2)c1. The Morgan fingerprint density at radius 2 is 1.83 bits per heavy atom. The molecule has 0 saturated heterocycles. The van der Waals surface area contributed by atoms with Crippen molar-refractivity contribution < 1.29 is 19.1 Å². The Balaban J connectivity index is 1.26. The number of hydrogen-bond acceptors (Lipinski definition) is 6. The largest absolute Gasteiger partial charge is 0.451 e. The van der Waals surface area contributed by atoms with Crippen LogP contribution in [0.15, 0.2) is 78.2 Å². The van der Waals surface area contributed by atoms with Gasteiger partial charge in [0.2, 0.25) is 0 Å². The van der Waals surface area contributed by atoms with Gasteiger partial charge in [0.15, 0.2) is 12.3 Å². The lowest BCUT2D eigenvalue weighted by atomic mass is 10.2. The summed E-state index contributed by atoms with van der Waals surface area (Å²) in [6.07, 6.45) is 1.98. The Kier molecular flexibility index (Phi) is 6.40. The number of esters is 1. The third-order valence-corrected chi connectivity index (χ3v) is 6.24. The van der Waals surface area contributed by atoms with Gasteiger partial charge in [0.1, 0.15) is 5.69 Å². The summed E-state index contributed by atoms with van der Waals surface area (Å²) in [5.41, 5.74) is 2.46. The van der Waals surface area contributed by atoms with E-state index in [1.807, 2.05) is 47.8 Å². The second-order valence-corrected chi connectivity index (χ2v) is 9.04. The van der Waals surface area contributed by atoms with Crippen LogP contribution in [0.5, 0.6) is 0 Å². The van der Waals surface area contributed by atoms with Crippen LogP contribution < -0.4 is 10.6 Å². The average Bonchev–Trinajstić information content (AvgIpc) is 3.34. The van der Waals surface area contributed by atoms with Crippen molar-refractivity contribution in [3.8, 4) is 16.3 Å². The number of nitrogens with one attached hydrogen (secondary N) is 2. The van der Waals surface area contributed by atoms with Crippen LogP contribution in [0.1, 0.15) is 33.7 Å². The number of anilines is 1. The van der Waals surface area contributed by atoms with Crippen molar-refractivity contribution in [2.24, 2.45) is 0 Å². The monoisotopic (exact) mass is 486 g/mol. The summed E-state index contributed by atoms with van der Waals surface area (Å²) in [6, 6.07) is 21.6. The lowest BCUT2D eigenvalue weighted by Gasteiger charge is -2.09. The molecule has 1 aliphatic carbocycles. The lowest BCUT2D eigenvalue weighted by molar-refractivity contribution is -0.119. The molecule has 176 valence electrons. The molecule has 1 aliphatic rings.